The number of aliphatic hydroxyl groups is 1. The van der Waals surface area contributed by atoms with E-state index in [2.05, 4.69) is 5.32 Å². The fourth-order valence-electron chi connectivity index (χ4n) is 3.68. The third-order valence-corrected chi connectivity index (χ3v) is 4.97. The van der Waals surface area contributed by atoms with E-state index in [0.29, 0.717) is 24.9 Å². The number of amides is 2. The summed E-state index contributed by atoms with van der Waals surface area (Å²) < 4.78 is 5.84. The van der Waals surface area contributed by atoms with Gasteiger partial charge in [0, 0.05) is 31.5 Å². The number of rotatable bonds is 3. The van der Waals surface area contributed by atoms with Crippen LogP contribution in [0.5, 0.6) is 5.75 Å². The number of benzene rings is 1. The van der Waals surface area contributed by atoms with Gasteiger partial charge in [-0.15, -0.1) is 0 Å². The first-order chi connectivity index (χ1) is 12.1. The number of hydrogen-bond acceptors (Lipinski definition) is 6. The van der Waals surface area contributed by atoms with Gasteiger partial charge in [-0.25, -0.2) is 0 Å². The lowest BCUT2D eigenvalue weighted by atomic mass is 9.79. The molecule has 2 heterocycles. The topological polar surface area (TPSA) is 122 Å². The van der Waals surface area contributed by atoms with Gasteiger partial charge in [0.2, 0.25) is 17.5 Å². The van der Waals surface area contributed by atoms with Gasteiger partial charge in [-0.05, 0) is 26.3 Å². The molecule has 0 aliphatic carbocycles. The molecular formula is C17H21N3O6. The van der Waals surface area contributed by atoms with E-state index in [9.17, 15) is 24.8 Å². The Bertz CT molecular complexity index is 793. The van der Waals surface area contributed by atoms with Crippen LogP contribution in [0.1, 0.15) is 45.2 Å². The average Bonchev–Trinajstić information content (AvgIpc) is 2.92. The van der Waals surface area contributed by atoms with Gasteiger partial charge in [0.1, 0.15) is 11.8 Å². The smallest absolute Gasteiger partial charge is 0.273 e. The normalized spacial score (nSPS) is 26.8. The summed E-state index contributed by atoms with van der Waals surface area (Å²) in [5.74, 6) is -0.420. The molecule has 9 heteroatoms. The highest BCUT2D eigenvalue weighted by atomic mass is 16.6. The zero-order valence-corrected chi connectivity index (χ0v) is 14.8. The molecule has 2 aliphatic heterocycles. The molecule has 2 atom stereocenters. The molecule has 1 saturated heterocycles. The van der Waals surface area contributed by atoms with Crippen LogP contribution in [0.2, 0.25) is 0 Å². The van der Waals surface area contributed by atoms with Crippen molar-refractivity contribution in [1.29, 1.82) is 0 Å². The fraction of sp³-hybridized carbons (Fsp3) is 0.529. The number of carbonyl (C=O) groups is 2. The van der Waals surface area contributed by atoms with Crippen LogP contribution >= 0.6 is 0 Å². The Balaban J connectivity index is 2.21. The maximum absolute atomic E-state index is 12.4. The molecule has 0 aromatic heterocycles. The summed E-state index contributed by atoms with van der Waals surface area (Å²) in [6.07, 6.45) is 0.978. The zero-order valence-electron chi connectivity index (χ0n) is 14.8. The minimum absolute atomic E-state index is 0.152. The van der Waals surface area contributed by atoms with Gasteiger partial charge in [-0.3, -0.25) is 19.7 Å². The molecule has 0 spiro atoms. The van der Waals surface area contributed by atoms with Gasteiger partial charge in [0.05, 0.1) is 11.0 Å². The molecule has 1 aromatic rings. The number of nitro groups is 1. The molecule has 2 unspecified atom stereocenters. The summed E-state index contributed by atoms with van der Waals surface area (Å²) in [4.78, 5) is 36.2. The predicted octanol–water partition coefficient (Wildman–Crippen LogP) is 1.25. The van der Waals surface area contributed by atoms with Crippen molar-refractivity contribution in [2.24, 2.45) is 0 Å². The van der Waals surface area contributed by atoms with Crippen molar-refractivity contribution in [1.82, 2.24) is 10.2 Å². The van der Waals surface area contributed by atoms with Gasteiger partial charge in [0.15, 0.2) is 5.60 Å². The van der Waals surface area contributed by atoms with Crippen LogP contribution < -0.4 is 10.1 Å². The van der Waals surface area contributed by atoms with Gasteiger partial charge < -0.3 is 20.1 Å². The minimum atomic E-state index is -1.90. The van der Waals surface area contributed by atoms with E-state index in [4.69, 9.17) is 4.74 Å². The molecule has 9 nitrogen and oxygen atoms in total. The summed E-state index contributed by atoms with van der Waals surface area (Å²) in [6.45, 7) is 4.82. The van der Waals surface area contributed by atoms with E-state index in [0.717, 1.165) is 0 Å². The number of carbonyl (C=O) groups excluding carboxylic acids is 2. The van der Waals surface area contributed by atoms with Crippen molar-refractivity contribution in [3.63, 3.8) is 0 Å². The first-order valence-corrected chi connectivity index (χ1v) is 8.35. The van der Waals surface area contributed by atoms with Crippen LogP contribution in [0.3, 0.4) is 0 Å². The summed E-state index contributed by atoms with van der Waals surface area (Å²) in [5.41, 5.74) is -2.98. The molecule has 2 aliphatic rings. The van der Waals surface area contributed by atoms with Gasteiger partial charge >= 0.3 is 0 Å². The summed E-state index contributed by atoms with van der Waals surface area (Å²) in [7, 11) is 0. The number of likely N-dealkylation sites (tertiary alicyclic amines) is 1. The quantitative estimate of drug-likeness (QED) is 0.473. The molecule has 0 saturated carbocycles. The lowest BCUT2D eigenvalue weighted by molar-refractivity contribution is -0.385. The third-order valence-electron chi connectivity index (χ3n) is 4.97. The Labute approximate surface area is 150 Å². The summed E-state index contributed by atoms with van der Waals surface area (Å²) in [5, 5.41) is 25.1. The second-order valence-corrected chi connectivity index (χ2v) is 7.13. The molecule has 2 amide bonds. The molecule has 3 rings (SSSR count). The van der Waals surface area contributed by atoms with Crippen LogP contribution in [0.4, 0.5) is 5.69 Å². The molecule has 140 valence electrons. The summed E-state index contributed by atoms with van der Waals surface area (Å²) >= 11 is 0. The number of nitrogens with zero attached hydrogens (tertiary/aromatic N) is 2. The summed E-state index contributed by atoms with van der Waals surface area (Å²) in [6, 6.07) is 3.12. The lowest BCUT2D eigenvalue weighted by Crippen LogP contribution is -2.71. The maximum atomic E-state index is 12.4. The first-order valence-electron chi connectivity index (χ1n) is 8.35. The SMILES string of the molecule is CC(=O)NC1(O)C(N2CCCC2=O)c2ccc([N+](=O)[O-])cc2OC1(C)C. The van der Waals surface area contributed by atoms with Gasteiger partial charge in [-0.1, -0.05) is 0 Å². The first kappa shape index (κ1) is 18.1. The number of non-ortho nitro benzene ring substituents is 1. The van der Waals surface area contributed by atoms with Crippen molar-refractivity contribution in [2.45, 2.75) is 51.0 Å². The van der Waals surface area contributed by atoms with E-state index in [1.807, 2.05) is 0 Å². The van der Waals surface area contributed by atoms with E-state index in [-0.39, 0.29) is 17.3 Å². The predicted molar refractivity (Wildman–Crippen MR) is 90.3 cm³/mol. The number of nitrogens with one attached hydrogen (secondary N) is 1. The third kappa shape index (κ3) is 2.68. The monoisotopic (exact) mass is 363 g/mol. The Morgan fingerprint density at radius 2 is 2.15 bits per heavy atom. The van der Waals surface area contributed by atoms with Crippen molar-refractivity contribution >= 4 is 17.5 Å². The zero-order chi connectivity index (χ0) is 19.3. The van der Waals surface area contributed by atoms with E-state index in [1.165, 1.54) is 30.0 Å². The highest BCUT2D eigenvalue weighted by molar-refractivity contribution is 5.80. The highest BCUT2D eigenvalue weighted by Gasteiger charge is 2.60. The Morgan fingerprint density at radius 3 is 2.69 bits per heavy atom. The van der Waals surface area contributed by atoms with Crippen LogP contribution in [-0.4, -0.2) is 44.6 Å². The number of fused-ring (bicyclic) bond motifs is 1. The van der Waals surface area contributed by atoms with E-state index >= 15 is 0 Å². The van der Waals surface area contributed by atoms with Crippen LogP contribution in [-0.2, 0) is 9.59 Å². The van der Waals surface area contributed by atoms with E-state index in [1.54, 1.807) is 13.8 Å². The maximum Gasteiger partial charge on any atom is 0.273 e. The highest BCUT2D eigenvalue weighted by Crippen LogP contribution is 2.49. The van der Waals surface area contributed by atoms with Crippen LogP contribution in [0.25, 0.3) is 0 Å². The molecular weight excluding hydrogens is 342 g/mol. The van der Waals surface area contributed by atoms with Gasteiger partial charge in [-0.2, -0.15) is 0 Å². The standard InChI is InChI=1S/C17H21N3O6/c1-10(21)18-17(23)15(19-8-4-5-14(19)22)12-7-6-11(20(24)25)9-13(12)26-16(17,2)3/h6-7,9,15,23H,4-5,8H2,1-3H3,(H,18,21). The number of nitro benzene ring substituents is 1. The second-order valence-electron chi connectivity index (χ2n) is 7.13. The van der Waals surface area contributed by atoms with E-state index < -0.39 is 28.2 Å². The number of ether oxygens (including phenoxy) is 1. The molecule has 0 radical (unpaired) electrons. The molecule has 26 heavy (non-hydrogen) atoms. The van der Waals surface area contributed by atoms with Crippen LogP contribution in [0, 0.1) is 10.1 Å². The largest absolute Gasteiger partial charge is 0.482 e. The molecule has 2 N–H and O–H groups in total. The van der Waals surface area contributed by atoms with Crippen molar-refractivity contribution < 1.29 is 24.4 Å². The van der Waals surface area contributed by atoms with Crippen molar-refractivity contribution in [3.8, 4) is 5.75 Å². The average molecular weight is 363 g/mol. The molecule has 1 aromatic carbocycles. The van der Waals surface area contributed by atoms with Crippen molar-refractivity contribution in [3.05, 3.63) is 33.9 Å². The van der Waals surface area contributed by atoms with Crippen molar-refractivity contribution in [2.75, 3.05) is 6.54 Å². The van der Waals surface area contributed by atoms with Crippen LogP contribution in [0.15, 0.2) is 18.2 Å². The second kappa shape index (κ2) is 5.94. The minimum Gasteiger partial charge on any atom is -0.482 e. The molecule has 0 bridgehead atoms. The molecule has 1 fully saturated rings. The fourth-order valence-corrected chi connectivity index (χ4v) is 3.68. The number of hydrogen-bond donors (Lipinski definition) is 2. The Hall–Kier alpha value is -2.68. The Kier molecular flexibility index (Phi) is 4.14. The van der Waals surface area contributed by atoms with Gasteiger partial charge in [0.25, 0.3) is 5.69 Å². The Morgan fingerprint density at radius 1 is 1.46 bits per heavy atom. The lowest BCUT2D eigenvalue weighted by Gasteiger charge is -2.53.